The van der Waals surface area contributed by atoms with Gasteiger partial charge in [-0.3, -0.25) is 0 Å². The van der Waals surface area contributed by atoms with Crippen molar-refractivity contribution in [2.75, 3.05) is 0 Å². The largest absolute Gasteiger partial charge is 0.338 e. The number of imidazole rings is 1. The summed E-state index contributed by atoms with van der Waals surface area (Å²) in [6.07, 6.45) is 0. The average Bonchev–Trinajstić information content (AvgIpc) is 2.78. The van der Waals surface area contributed by atoms with Crippen LogP contribution in [0, 0.1) is 23.3 Å². The van der Waals surface area contributed by atoms with Crippen LogP contribution in [0.4, 0.5) is 17.6 Å². The standard InChI is InChI=1S/C13H6F4N2/c14-6-2-1-3-7(15)10(6)13-18-9-5-4-8(16)11(17)12(9)19-13/h1-5H,(H,18,19). The molecule has 6 heteroatoms. The zero-order valence-corrected chi connectivity index (χ0v) is 9.35. The van der Waals surface area contributed by atoms with Gasteiger partial charge in [-0.05, 0) is 24.3 Å². The summed E-state index contributed by atoms with van der Waals surface area (Å²) in [4.78, 5) is 6.28. The Balaban J connectivity index is 2.30. The van der Waals surface area contributed by atoms with Crippen LogP contribution < -0.4 is 0 Å². The van der Waals surface area contributed by atoms with Gasteiger partial charge in [-0.15, -0.1) is 0 Å². The van der Waals surface area contributed by atoms with Crippen LogP contribution in [0.3, 0.4) is 0 Å². The predicted molar refractivity (Wildman–Crippen MR) is 61.4 cm³/mol. The molecule has 1 N–H and O–H groups in total. The molecule has 19 heavy (non-hydrogen) atoms. The van der Waals surface area contributed by atoms with E-state index >= 15 is 0 Å². The number of aromatic nitrogens is 2. The second-order valence-electron chi connectivity index (χ2n) is 3.94. The van der Waals surface area contributed by atoms with E-state index in [-0.39, 0.29) is 16.9 Å². The Morgan fingerprint density at radius 2 is 1.53 bits per heavy atom. The molecule has 0 unspecified atom stereocenters. The van der Waals surface area contributed by atoms with Crippen molar-refractivity contribution in [3.05, 3.63) is 53.6 Å². The summed E-state index contributed by atoms with van der Waals surface area (Å²) in [5.74, 6) is -4.08. The summed E-state index contributed by atoms with van der Waals surface area (Å²) >= 11 is 0. The van der Waals surface area contributed by atoms with Gasteiger partial charge in [0.05, 0.1) is 11.1 Å². The Hall–Kier alpha value is -2.37. The number of fused-ring (bicyclic) bond motifs is 1. The molecular weight excluding hydrogens is 260 g/mol. The molecule has 1 heterocycles. The van der Waals surface area contributed by atoms with Crippen LogP contribution in [0.1, 0.15) is 0 Å². The number of nitrogens with zero attached hydrogens (tertiary/aromatic N) is 1. The van der Waals surface area contributed by atoms with Gasteiger partial charge in [-0.25, -0.2) is 22.5 Å². The first kappa shape index (κ1) is 11.7. The first-order chi connectivity index (χ1) is 9.08. The Bertz CT molecular complexity index is 759. The van der Waals surface area contributed by atoms with Crippen molar-refractivity contribution < 1.29 is 17.6 Å². The second kappa shape index (κ2) is 4.08. The molecule has 0 fully saturated rings. The van der Waals surface area contributed by atoms with Gasteiger partial charge in [0, 0.05) is 0 Å². The van der Waals surface area contributed by atoms with Crippen molar-refractivity contribution in [3.8, 4) is 11.4 Å². The summed E-state index contributed by atoms with van der Waals surface area (Å²) in [6.45, 7) is 0. The van der Waals surface area contributed by atoms with Gasteiger partial charge in [0.1, 0.15) is 23.0 Å². The highest BCUT2D eigenvalue weighted by Gasteiger charge is 2.17. The SMILES string of the molecule is Fc1cccc(F)c1-c1nc2c(F)c(F)ccc2[nH]1. The molecule has 2 aromatic carbocycles. The molecule has 3 aromatic rings. The lowest BCUT2D eigenvalue weighted by Gasteiger charge is -2.00. The topological polar surface area (TPSA) is 28.7 Å². The summed E-state index contributed by atoms with van der Waals surface area (Å²) in [5, 5.41) is 0. The van der Waals surface area contributed by atoms with Gasteiger partial charge in [0.15, 0.2) is 11.6 Å². The number of aromatic amines is 1. The first-order valence-electron chi connectivity index (χ1n) is 5.36. The number of benzene rings is 2. The molecule has 2 nitrogen and oxygen atoms in total. The van der Waals surface area contributed by atoms with E-state index < -0.39 is 28.8 Å². The van der Waals surface area contributed by atoms with Gasteiger partial charge >= 0.3 is 0 Å². The van der Waals surface area contributed by atoms with E-state index in [0.29, 0.717) is 0 Å². The van der Waals surface area contributed by atoms with E-state index in [2.05, 4.69) is 9.97 Å². The molecule has 3 rings (SSSR count). The minimum Gasteiger partial charge on any atom is -0.338 e. The van der Waals surface area contributed by atoms with Crippen molar-refractivity contribution in [2.24, 2.45) is 0 Å². The lowest BCUT2D eigenvalue weighted by atomic mass is 10.2. The highest BCUT2D eigenvalue weighted by atomic mass is 19.2. The number of H-pyrrole nitrogens is 1. The molecule has 0 saturated carbocycles. The van der Waals surface area contributed by atoms with Crippen molar-refractivity contribution in [3.63, 3.8) is 0 Å². The Kier molecular flexibility index (Phi) is 2.51. The number of rotatable bonds is 1. The number of hydrogen-bond donors (Lipinski definition) is 1. The van der Waals surface area contributed by atoms with Crippen LogP contribution in [0.2, 0.25) is 0 Å². The van der Waals surface area contributed by atoms with Gasteiger partial charge in [0.2, 0.25) is 0 Å². The molecule has 0 radical (unpaired) electrons. The predicted octanol–water partition coefficient (Wildman–Crippen LogP) is 3.79. The third kappa shape index (κ3) is 1.76. The van der Waals surface area contributed by atoms with Crippen LogP contribution in [-0.4, -0.2) is 9.97 Å². The maximum atomic E-state index is 13.6. The smallest absolute Gasteiger partial charge is 0.186 e. The van der Waals surface area contributed by atoms with E-state index in [0.717, 1.165) is 18.2 Å². The van der Waals surface area contributed by atoms with Crippen molar-refractivity contribution in [2.45, 2.75) is 0 Å². The lowest BCUT2D eigenvalue weighted by Crippen LogP contribution is -1.91. The van der Waals surface area contributed by atoms with Crippen LogP contribution in [-0.2, 0) is 0 Å². The quantitative estimate of drug-likeness (QED) is 0.667. The van der Waals surface area contributed by atoms with Gasteiger partial charge < -0.3 is 4.98 Å². The molecule has 0 aliphatic carbocycles. The summed E-state index contributed by atoms with van der Waals surface area (Å²) < 4.78 is 53.7. The molecule has 1 aromatic heterocycles. The number of halogens is 4. The monoisotopic (exact) mass is 266 g/mol. The normalized spacial score (nSPS) is 11.2. The third-order valence-corrected chi connectivity index (χ3v) is 2.75. The molecule has 0 saturated heterocycles. The van der Waals surface area contributed by atoms with E-state index in [1.807, 2.05) is 0 Å². The molecule has 0 aliphatic heterocycles. The molecular formula is C13H6F4N2. The third-order valence-electron chi connectivity index (χ3n) is 2.75. The minimum atomic E-state index is -1.16. The summed E-state index contributed by atoms with van der Waals surface area (Å²) in [5.41, 5.74) is -0.535. The fourth-order valence-corrected chi connectivity index (χ4v) is 1.86. The number of nitrogens with one attached hydrogen (secondary N) is 1. The Morgan fingerprint density at radius 1 is 0.842 bits per heavy atom. The second-order valence-corrected chi connectivity index (χ2v) is 3.94. The molecule has 0 spiro atoms. The van der Waals surface area contributed by atoms with Crippen molar-refractivity contribution in [1.29, 1.82) is 0 Å². The molecule has 0 atom stereocenters. The molecule has 0 amide bonds. The molecule has 96 valence electrons. The van der Waals surface area contributed by atoms with E-state index in [1.54, 1.807) is 0 Å². The maximum absolute atomic E-state index is 13.6. The van der Waals surface area contributed by atoms with Gasteiger partial charge in [-0.2, -0.15) is 0 Å². The number of hydrogen-bond acceptors (Lipinski definition) is 1. The fourth-order valence-electron chi connectivity index (χ4n) is 1.86. The lowest BCUT2D eigenvalue weighted by molar-refractivity contribution is 0.515. The highest BCUT2D eigenvalue weighted by molar-refractivity contribution is 5.80. The van der Waals surface area contributed by atoms with Crippen LogP contribution >= 0.6 is 0 Å². The Morgan fingerprint density at radius 3 is 2.21 bits per heavy atom. The maximum Gasteiger partial charge on any atom is 0.186 e. The van der Waals surface area contributed by atoms with Gasteiger partial charge in [0.25, 0.3) is 0 Å². The van der Waals surface area contributed by atoms with Crippen molar-refractivity contribution in [1.82, 2.24) is 9.97 Å². The van der Waals surface area contributed by atoms with Crippen LogP contribution in [0.5, 0.6) is 0 Å². The van der Waals surface area contributed by atoms with E-state index in [9.17, 15) is 17.6 Å². The van der Waals surface area contributed by atoms with E-state index in [4.69, 9.17) is 0 Å². The van der Waals surface area contributed by atoms with Crippen LogP contribution in [0.15, 0.2) is 30.3 Å². The zero-order chi connectivity index (χ0) is 13.6. The molecule has 0 aliphatic rings. The summed E-state index contributed by atoms with van der Waals surface area (Å²) in [6, 6.07) is 5.49. The average molecular weight is 266 g/mol. The van der Waals surface area contributed by atoms with E-state index in [1.165, 1.54) is 12.1 Å². The Labute approximate surface area is 104 Å². The van der Waals surface area contributed by atoms with Crippen molar-refractivity contribution >= 4 is 11.0 Å². The summed E-state index contributed by atoms with van der Waals surface area (Å²) in [7, 11) is 0. The minimum absolute atomic E-state index is 0.163. The fraction of sp³-hybridized carbons (Fsp3) is 0. The van der Waals surface area contributed by atoms with Gasteiger partial charge in [-0.1, -0.05) is 6.07 Å². The molecule has 0 bridgehead atoms. The zero-order valence-electron chi connectivity index (χ0n) is 9.35. The first-order valence-corrected chi connectivity index (χ1v) is 5.36. The highest BCUT2D eigenvalue weighted by Crippen LogP contribution is 2.27. The van der Waals surface area contributed by atoms with Crippen LogP contribution in [0.25, 0.3) is 22.4 Å².